The van der Waals surface area contributed by atoms with Crippen molar-refractivity contribution in [3.63, 3.8) is 0 Å². The number of piperidine rings is 1. The number of halogens is 3. The van der Waals surface area contributed by atoms with E-state index in [1.165, 1.54) is 12.1 Å². The van der Waals surface area contributed by atoms with Crippen LogP contribution in [0.1, 0.15) is 31.2 Å². The third-order valence-electron chi connectivity index (χ3n) is 6.08. The minimum absolute atomic E-state index is 0.0233. The highest BCUT2D eigenvalue weighted by Crippen LogP contribution is 2.43. The van der Waals surface area contributed by atoms with E-state index < -0.39 is 39.1 Å². The zero-order chi connectivity index (χ0) is 23.0. The van der Waals surface area contributed by atoms with E-state index in [2.05, 4.69) is 4.72 Å². The van der Waals surface area contributed by atoms with E-state index in [0.717, 1.165) is 6.07 Å². The summed E-state index contributed by atoms with van der Waals surface area (Å²) in [4.78, 5) is 0. The first-order chi connectivity index (χ1) is 14.4. The molecule has 2 saturated heterocycles. The average molecular weight is 482 g/mol. The maximum absolute atomic E-state index is 14.1. The number of sulfonamides is 1. The van der Waals surface area contributed by atoms with Crippen molar-refractivity contribution in [1.82, 2.24) is 13.3 Å². The van der Waals surface area contributed by atoms with Crippen LogP contribution in [0.4, 0.5) is 13.2 Å². The lowest BCUT2D eigenvalue weighted by Crippen LogP contribution is -2.65. The van der Waals surface area contributed by atoms with Gasteiger partial charge in [-0.05, 0) is 57.8 Å². The Balaban J connectivity index is 1.67. The van der Waals surface area contributed by atoms with Crippen molar-refractivity contribution >= 4 is 22.2 Å². The van der Waals surface area contributed by atoms with Crippen molar-refractivity contribution in [1.29, 1.82) is 0 Å². The molecule has 1 aromatic rings. The van der Waals surface area contributed by atoms with Crippen LogP contribution < -0.4 is 16.2 Å². The average Bonchev–Trinajstić information content (AvgIpc) is 2.96. The number of rotatable bonds is 9. The zero-order valence-corrected chi connectivity index (χ0v) is 19.3. The minimum atomic E-state index is -3.48. The van der Waals surface area contributed by atoms with Crippen molar-refractivity contribution in [3.8, 4) is 0 Å². The van der Waals surface area contributed by atoms with Gasteiger partial charge >= 0.3 is 0 Å². The van der Waals surface area contributed by atoms with Gasteiger partial charge in [-0.15, -0.1) is 0 Å². The molecule has 5 N–H and O–H groups in total. The molecule has 176 valence electrons. The molecule has 2 aliphatic rings. The smallest absolute Gasteiger partial charge is 0.215 e. The molecule has 3 atom stereocenters. The molecule has 31 heavy (non-hydrogen) atoms. The van der Waals surface area contributed by atoms with Crippen molar-refractivity contribution in [3.05, 3.63) is 35.1 Å². The van der Waals surface area contributed by atoms with Crippen LogP contribution in [-0.2, 0) is 16.4 Å². The SMILES string of the molecule is CN(C)SNCCS(=O)(=O)N1C2CCC1CC(N)(C(N)Cc1cc(F)c(F)cc1F)C2. The van der Waals surface area contributed by atoms with Gasteiger partial charge < -0.3 is 11.5 Å². The van der Waals surface area contributed by atoms with Gasteiger partial charge in [0.25, 0.3) is 0 Å². The Labute approximate surface area is 186 Å². The summed E-state index contributed by atoms with van der Waals surface area (Å²) in [6.45, 7) is 0.309. The first-order valence-electron chi connectivity index (χ1n) is 10.2. The molecule has 2 fully saturated rings. The lowest BCUT2D eigenvalue weighted by Gasteiger charge is -2.46. The lowest BCUT2D eigenvalue weighted by atomic mass is 9.77. The number of nitrogens with one attached hydrogen (secondary N) is 1. The lowest BCUT2D eigenvalue weighted by molar-refractivity contribution is 0.141. The Bertz CT molecular complexity index is 889. The Kier molecular flexibility index (Phi) is 7.61. The molecule has 0 aliphatic carbocycles. The number of nitrogens with two attached hydrogens (primary N) is 2. The van der Waals surface area contributed by atoms with Crippen molar-refractivity contribution in [2.45, 2.75) is 55.8 Å². The second-order valence-corrected chi connectivity index (χ2v) is 11.8. The van der Waals surface area contributed by atoms with Gasteiger partial charge in [-0.3, -0.25) is 0 Å². The van der Waals surface area contributed by atoms with Crippen LogP contribution in [0, 0.1) is 17.5 Å². The predicted octanol–water partition coefficient (Wildman–Crippen LogP) is 1.34. The Morgan fingerprint density at radius 3 is 2.35 bits per heavy atom. The Morgan fingerprint density at radius 1 is 1.19 bits per heavy atom. The van der Waals surface area contributed by atoms with Gasteiger partial charge in [0.15, 0.2) is 11.6 Å². The number of nitrogens with zero attached hydrogens (tertiary/aromatic N) is 2. The second kappa shape index (κ2) is 9.54. The summed E-state index contributed by atoms with van der Waals surface area (Å²) in [5.41, 5.74) is 11.9. The summed E-state index contributed by atoms with van der Waals surface area (Å²) in [7, 11) is 0.231. The normalized spacial score (nSPS) is 27.7. The monoisotopic (exact) mass is 481 g/mol. The fraction of sp³-hybridized carbons (Fsp3) is 0.684. The largest absolute Gasteiger partial charge is 0.326 e. The third kappa shape index (κ3) is 5.55. The maximum atomic E-state index is 14.1. The second-order valence-electron chi connectivity index (χ2n) is 8.64. The van der Waals surface area contributed by atoms with Crippen molar-refractivity contribution in [2.24, 2.45) is 11.5 Å². The Hall–Kier alpha value is -0.890. The van der Waals surface area contributed by atoms with Gasteiger partial charge in [0.05, 0.1) is 5.75 Å². The summed E-state index contributed by atoms with van der Waals surface area (Å²) in [6.07, 6.45) is 2.01. The molecule has 3 unspecified atom stereocenters. The van der Waals surface area contributed by atoms with E-state index in [4.69, 9.17) is 11.5 Å². The summed E-state index contributed by atoms with van der Waals surface area (Å²) in [6, 6.07) is 0.0493. The van der Waals surface area contributed by atoms with Gasteiger partial charge in [0, 0.05) is 48.4 Å². The highest BCUT2D eigenvalue weighted by molar-refractivity contribution is 7.95. The van der Waals surface area contributed by atoms with Crippen LogP contribution in [0.3, 0.4) is 0 Å². The molecule has 7 nitrogen and oxygen atoms in total. The van der Waals surface area contributed by atoms with Crippen LogP contribution >= 0.6 is 12.1 Å². The van der Waals surface area contributed by atoms with Gasteiger partial charge in [-0.25, -0.2) is 30.6 Å². The molecule has 0 radical (unpaired) electrons. The van der Waals surface area contributed by atoms with Crippen molar-refractivity contribution < 1.29 is 21.6 Å². The molecule has 3 rings (SSSR count). The van der Waals surface area contributed by atoms with Gasteiger partial charge in [-0.1, -0.05) is 0 Å². The molecule has 2 aliphatic heterocycles. The minimum Gasteiger partial charge on any atom is -0.326 e. The van der Waals surface area contributed by atoms with Gasteiger partial charge in [-0.2, -0.15) is 4.31 Å². The van der Waals surface area contributed by atoms with Crippen LogP contribution in [0.2, 0.25) is 0 Å². The Morgan fingerprint density at radius 2 is 1.77 bits per heavy atom. The highest BCUT2D eigenvalue weighted by Gasteiger charge is 2.52. The molecule has 1 aromatic carbocycles. The molecule has 0 spiro atoms. The molecular formula is C19H30F3N5O2S2. The molecule has 0 saturated carbocycles. The number of hydrogen-bond donors (Lipinski definition) is 3. The molecule has 0 amide bonds. The summed E-state index contributed by atoms with van der Waals surface area (Å²) < 4.78 is 73.1. The first kappa shape index (κ1) is 24.7. The summed E-state index contributed by atoms with van der Waals surface area (Å²) >= 11 is 1.33. The maximum Gasteiger partial charge on any atom is 0.215 e. The molecular weight excluding hydrogens is 451 g/mol. The highest BCUT2D eigenvalue weighted by atomic mass is 32.2. The van der Waals surface area contributed by atoms with E-state index in [0.29, 0.717) is 38.3 Å². The topological polar surface area (TPSA) is 105 Å². The number of hydrogen-bond acceptors (Lipinski definition) is 7. The van der Waals surface area contributed by atoms with Crippen LogP contribution in [0.5, 0.6) is 0 Å². The molecule has 2 bridgehead atoms. The number of benzene rings is 1. The van der Waals surface area contributed by atoms with Crippen molar-refractivity contribution in [2.75, 3.05) is 26.4 Å². The molecule has 12 heteroatoms. The van der Waals surface area contributed by atoms with E-state index in [1.807, 2.05) is 18.4 Å². The zero-order valence-electron chi connectivity index (χ0n) is 17.7. The molecule has 2 heterocycles. The number of fused-ring (bicyclic) bond motifs is 2. The fourth-order valence-corrected chi connectivity index (χ4v) is 7.07. The van der Waals surface area contributed by atoms with Crippen LogP contribution in [0.15, 0.2) is 12.1 Å². The summed E-state index contributed by atoms with van der Waals surface area (Å²) in [5.74, 6) is -3.29. The standard InChI is InChI=1S/C19H30F3N5O2S2/c1-26(2)30-25-5-6-31(28,29)27-13-3-4-14(27)11-19(24,10-13)18(23)8-12-7-16(21)17(22)9-15(12)20/h7,9,13-14,18,25H,3-6,8,10-11,23-24H2,1-2H3. The van der Waals surface area contributed by atoms with E-state index in [1.54, 1.807) is 4.31 Å². The van der Waals surface area contributed by atoms with E-state index >= 15 is 0 Å². The fourth-order valence-electron chi connectivity index (χ4n) is 4.65. The quantitative estimate of drug-likeness (QED) is 0.278. The molecule has 0 aromatic heterocycles. The van der Waals surface area contributed by atoms with E-state index in [-0.39, 0.29) is 29.8 Å². The van der Waals surface area contributed by atoms with Gasteiger partial charge in [0.2, 0.25) is 10.0 Å². The van der Waals surface area contributed by atoms with Gasteiger partial charge in [0.1, 0.15) is 5.82 Å². The van der Waals surface area contributed by atoms with E-state index in [9.17, 15) is 21.6 Å². The predicted molar refractivity (Wildman–Crippen MR) is 116 cm³/mol. The van der Waals surface area contributed by atoms with Crippen LogP contribution in [0.25, 0.3) is 0 Å². The first-order valence-corrected chi connectivity index (χ1v) is 12.6. The summed E-state index contributed by atoms with van der Waals surface area (Å²) in [5, 5.41) is 0. The third-order valence-corrected chi connectivity index (χ3v) is 8.74. The van der Waals surface area contributed by atoms with Crippen LogP contribution in [-0.4, -0.2) is 67.1 Å².